The number of hydrogen-bond acceptors (Lipinski definition) is 4. The molecule has 1 N–H and O–H groups in total. The van der Waals surface area contributed by atoms with E-state index in [1.807, 2.05) is 4.90 Å². The Balaban J connectivity index is 1.32. The van der Waals surface area contributed by atoms with Gasteiger partial charge in [0.15, 0.2) is 0 Å². The zero-order valence-corrected chi connectivity index (χ0v) is 13.8. The molecule has 0 unspecified atom stereocenters. The van der Waals surface area contributed by atoms with Gasteiger partial charge in [-0.2, -0.15) is 0 Å². The fourth-order valence-electron chi connectivity index (χ4n) is 3.07. The van der Waals surface area contributed by atoms with Crippen LogP contribution in [0.3, 0.4) is 0 Å². The van der Waals surface area contributed by atoms with Crippen molar-refractivity contribution in [3.63, 3.8) is 0 Å². The van der Waals surface area contributed by atoms with E-state index < -0.39 is 0 Å². The molecule has 0 radical (unpaired) electrons. The lowest BCUT2D eigenvalue weighted by Crippen LogP contribution is -2.53. The van der Waals surface area contributed by atoms with Crippen molar-refractivity contribution in [3.05, 3.63) is 22.4 Å². The van der Waals surface area contributed by atoms with E-state index in [1.165, 1.54) is 17.7 Å². The van der Waals surface area contributed by atoms with E-state index >= 15 is 0 Å². The van der Waals surface area contributed by atoms with Gasteiger partial charge in [0.25, 0.3) is 0 Å². The number of carbonyl (C=O) groups is 1. The van der Waals surface area contributed by atoms with Crippen LogP contribution in [0.4, 0.5) is 4.79 Å². The molecule has 2 aliphatic heterocycles. The van der Waals surface area contributed by atoms with E-state index in [4.69, 9.17) is 4.74 Å². The van der Waals surface area contributed by atoms with Gasteiger partial charge < -0.3 is 15.0 Å². The molecule has 0 bridgehead atoms. The van der Waals surface area contributed by atoms with Crippen LogP contribution in [0.15, 0.2) is 17.5 Å². The van der Waals surface area contributed by atoms with Crippen LogP contribution >= 0.6 is 11.3 Å². The van der Waals surface area contributed by atoms with Crippen molar-refractivity contribution in [2.75, 3.05) is 45.9 Å². The number of piperazine rings is 1. The quantitative estimate of drug-likeness (QED) is 0.899. The summed E-state index contributed by atoms with van der Waals surface area (Å²) in [6.45, 7) is 6.20. The molecule has 0 aromatic carbocycles. The highest BCUT2D eigenvalue weighted by molar-refractivity contribution is 7.09. The average Bonchev–Trinajstić information content (AvgIpc) is 3.21. The van der Waals surface area contributed by atoms with Crippen LogP contribution in [0.1, 0.15) is 17.7 Å². The standard InChI is InChI=1S/C16H25N3O2S/c20-16(17-6-5-15-4-2-12-22-15)19-9-7-18(8-10-19)13-14-3-1-11-21-14/h2,4,12,14H,1,3,5-11,13H2,(H,17,20)/t14-/m0/s1. The second kappa shape index (κ2) is 7.94. The summed E-state index contributed by atoms with van der Waals surface area (Å²) in [5.41, 5.74) is 0. The monoisotopic (exact) mass is 323 g/mol. The second-order valence-electron chi connectivity index (χ2n) is 5.98. The summed E-state index contributed by atoms with van der Waals surface area (Å²) >= 11 is 1.74. The minimum absolute atomic E-state index is 0.0772. The van der Waals surface area contributed by atoms with Gasteiger partial charge in [0.05, 0.1) is 6.10 Å². The molecule has 2 saturated heterocycles. The van der Waals surface area contributed by atoms with Crippen molar-refractivity contribution in [2.45, 2.75) is 25.4 Å². The lowest BCUT2D eigenvalue weighted by molar-refractivity contribution is 0.0561. The Morgan fingerprint density at radius 3 is 2.91 bits per heavy atom. The van der Waals surface area contributed by atoms with Crippen molar-refractivity contribution in [2.24, 2.45) is 0 Å². The molecule has 1 aromatic heterocycles. The zero-order valence-electron chi connectivity index (χ0n) is 13.0. The summed E-state index contributed by atoms with van der Waals surface area (Å²) in [6.07, 6.45) is 3.70. The van der Waals surface area contributed by atoms with Crippen molar-refractivity contribution >= 4 is 17.4 Å². The number of nitrogens with zero attached hydrogens (tertiary/aromatic N) is 2. The van der Waals surface area contributed by atoms with Crippen molar-refractivity contribution < 1.29 is 9.53 Å². The molecule has 2 fully saturated rings. The molecule has 3 rings (SSSR count). The van der Waals surface area contributed by atoms with E-state index in [-0.39, 0.29) is 6.03 Å². The number of amides is 2. The molecule has 5 nitrogen and oxygen atoms in total. The number of urea groups is 1. The Kier molecular flexibility index (Phi) is 5.70. The number of carbonyl (C=O) groups excluding carboxylic acids is 1. The van der Waals surface area contributed by atoms with Gasteiger partial charge in [-0.05, 0) is 30.7 Å². The van der Waals surface area contributed by atoms with Crippen LogP contribution < -0.4 is 5.32 Å². The summed E-state index contributed by atoms with van der Waals surface area (Å²) < 4.78 is 5.68. The van der Waals surface area contributed by atoms with Gasteiger partial charge in [0.1, 0.15) is 0 Å². The SMILES string of the molecule is O=C(NCCc1cccs1)N1CCN(C[C@@H]2CCCO2)CC1. The van der Waals surface area contributed by atoms with Crippen LogP contribution in [-0.4, -0.2) is 67.8 Å². The van der Waals surface area contributed by atoms with Crippen LogP contribution in [0, 0.1) is 0 Å². The fraction of sp³-hybridized carbons (Fsp3) is 0.688. The number of thiophene rings is 1. The maximum Gasteiger partial charge on any atom is 0.317 e. The number of ether oxygens (including phenoxy) is 1. The van der Waals surface area contributed by atoms with Crippen molar-refractivity contribution in [1.82, 2.24) is 15.1 Å². The molecule has 3 heterocycles. The van der Waals surface area contributed by atoms with Crippen LogP contribution in [0.5, 0.6) is 0 Å². The van der Waals surface area contributed by atoms with E-state index in [0.717, 1.165) is 52.3 Å². The van der Waals surface area contributed by atoms with Crippen molar-refractivity contribution in [3.8, 4) is 0 Å². The third-order valence-electron chi connectivity index (χ3n) is 4.37. The van der Waals surface area contributed by atoms with E-state index in [2.05, 4.69) is 27.7 Å². The van der Waals surface area contributed by atoms with Gasteiger partial charge in [-0.3, -0.25) is 4.90 Å². The Morgan fingerprint density at radius 2 is 2.23 bits per heavy atom. The molecule has 0 saturated carbocycles. The molecule has 2 amide bonds. The Morgan fingerprint density at radius 1 is 1.36 bits per heavy atom. The molecular weight excluding hydrogens is 298 g/mol. The lowest BCUT2D eigenvalue weighted by Gasteiger charge is -2.35. The zero-order chi connectivity index (χ0) is 15.2. The molecule has 122 valence electrons. The predicted octanol–water partition coefficient (Wildman–Crippen LogP) is 1.80. The molecule has 1 atom stereocenters. The second-order valence-corrected chi connectivity index (χ2v) is 7.02. The first-order valence-corrected chi connectivity index (χ1v) is 9.08. The van der Waals surface area contributed by atoms with Gasteiger partial charge in [-0.15, -0.1) is 11.3 Å². The van der Waals surface area contributed by atoms with Crippen molar-refractivity contribution in [1.29, 1.82) is 0 Å². The van der Waals surface area contributed by atoms with Gasteiger partial charge in [-0.25, -0.2) is 4.79 Å². The maximum absolute atomic E-state index is 12.2. The summed E-state index contributed by atoms with van der Waals surface area (Å²) in [7, 11) is 0. The Hall–Kier alpha value is -1.11. The van der Waals surface area contributed by atoms with Crippen LogP contribution in [-0.2, 0) is 11.2 Å². The topological polar surface area (TPSA) is 44.8 Å². The molecule has 6 heteroatoms. The molecule has 2 aliphatic rings. The number of hydrogen-bond donors (Lipinski definition) is 1. The minimum atomic E-state index is 0.0772. The highest BCUT2D eigenvalue weighted by Gasteiger charge is 2.24. The Labute approximate surface area is 136 Å². The molecule has 22 heavy (non-hydrogen) atoms. The molecule has 1 aromatic rings. The van der Waals surface area contributed by atoms with E-state index in [9.17, 15) is 4.79 Å². The third-order valence-corrected chi connectivity index (χ3v) is 5.31. The van der Waals surface area contributed by atoms with E-state index in [1.54, 1.807) is 11.3 Å². The minimum Gasteiger partial charge on any atom is -0.377 e. The largest absolute Gasteiger partial charge is 0.377 e. The van der Waals surface area contributed by atoms with Crippen LogP contribution in [0.2, 0.25) is 0 Å². The van der Waals surface area contributed by atoms with Gasteiger partial charge in [-0.1, -0.05) is 6.07 Å². The normalized spacial score (nSPS) is 22.9. The summed E-state index contributed by atoms with van der Waals surface area (Å²) in [4.78, 5) is 17.8. The highest BCUT2D eigenvalue weighted by Crippen LogP contribution is 2.14. The number of nitrogens with one attached hydrogen (secondary N) is 1. The van der Waals surface area contributed by atoms with Gasteiger partial charge in [0.2, 0.25) is 0 Å². The fourth-order valence-corrected chi connectivity index (χ4v) is 3.78. The predicted molar refractivity (Wildman–Crippen MR) is 88.4 cm³/mol. The van der Waals surface area contributed by atoms with Gasteiger partial charge in [0, 0.05) is 50.8 Å². The highest BCUT2D eigenvalue weighted by atomic mass is 32.1. The summed E-state index contributed by atoms with van der Waals surface area (Å²) in [6, 6.07) is 4.24. The number of rotatable bonds is 5. The summed E-state index contributed by atoms with van der Waals surface area (Å²) in [5.74, 6) is 0. The van der Waals surface area contributed by atoms with E-state index in [0.29, 0.717) is 6.10 Å². The Bertz CT molecular complexity index is 452. The molecular formula is C16H25N3O2S. The maximum atomic E-state index is 12.2. The lowest BCUT2D eigenvalue weighted by atomic mass is 10.2. The first-order chi connectivity index (χ1) is 10.8. The first kappa shape index (κ1) is 15.8. The molecule has 0 aliphatic carbocycles. The third kappa shape index (κ3) is 4.44. The van der Waals surface area contributed by atoms with Crippen LogP contribution in [0.25, 0.3) is 0 Å². The van der Waals surface area contributed by atoms with Gasteiger partial charge >= 0.3 is 6.03 Å². The first-order valence-electron chi connectivity index (χ1n) is 8.20. The molecule has 0 spiro atoms. The summed E-state index contributed by atoms with van der Waals surface area (Å²) in [5, 5.41) is 5.10. The smallest absolute Gasteiger partial charge is 0.317 e. The average molecular weight is 323 g/mol.